The van der Waals surface area contributed by atoms with Crippen molar-refractivity contribution in [1.82, 2.24) is 0 Å². The van der Waals surface area contributed by atoms with Gasteiger partial charge in [-0.1, -0.05) is 11.2 Å². The number of anilines is 1. The number of oxime groups is 1. The Kier molecular flexibility index (Phi) is 5.14. The molecule has 0 aromatic heterocycles. The van der Waals surface area contributed by atoms with Crippen molar-refractivity contribution in [3.8, 4) is 0 Å². The summed E-state index contributed by atoms with van der Waals surface area (Å²) in [4.78, 5) is 3.26. The zero-order chi connectivity index (χ0) is 14.5. The van der Waals surface area contributed by atoms with E-state index in [0.29, 0.717) is 5.92 Å². The Bertz CT molecular complexity index is 493. The summed E-state index contributed by atoms with van der Waals surface area (Å²) >= 11 is 1.58. The molecule has 1 aromatic rings. The number of hydrogen-bond acceptors (Lipinski definition) is 5. The van der Waals surface area contributed by atoms with Crippen LogP contribution in [0.5, 0.6) is 0 Å². The minimum atomic E-state index is 0.149. The zero-order valence-electron chi connectivity index (χ0n) is 11.6. The van der Waals surface area contributed by atoms with Crippen LogP contribution in [0, 0.1) is 5.92 Å². The molecular weight excluding hydrogens is 274 g/mol. The molecule has 20 heavy (non-hydrogen) atoms. The van der Waals surface area contributed by atoms with Gasteiger partial charge in [0.15, 0.2) is 5.84 Å². The standard InChI is InChI=1S/C14H21N3O2S/c1-20-12-4-2-3-11(13(12)14(15)16-19)17-7-5-10(9-17)6-8-18/h2-4,10,18-19H,5-9H2,1H3,(H2,15,16). The summed E-state index contributed by atoms with van der Waals surface area (Å²) in [7, 11) is 0. The average molecular weight is 295 g/mol. The molecule has 110 valence electrons. The van der Waals surface area contributed by atoms with Crippen molar-refractivity contribution in [2.24, 2.45) is 16.8 Å². The number of rotatable bonds is 5. The Morgan fingerprint density at radius 3 is 3.00 bits per heavy atom. The van der Waals surface area contributed by atoms with E-state index in [2.05, 4.69) is 10.1 Å². The highest BCUT2D eigenvalue weighted by molar-refractivity contribution is 7.98. The molecule has 1 aliphatic rings. The number of hydrogen-bond donors (Lipinski definition) is 3. The molecule has 1 unspecified atom stereocenters. The maximum Gasteiger partial charge on any atom is 0.173 e. The van der Waals surface area contributed by atoms with E-state index in [-0.39, 0.29) is 12.4 Å². The number of thioether (sulfide) groups is 1. The zero-order valence-corrected chi connectivity index (χ0v) is 12.4. The third-order valence-electron chi connectivity index (χ3n) is 3.75. The summed E-state index contributed by atoms with van der Waals surface area (Å²) in [6.07, 6.45) is 3.88. The number of amidine groups is 1. The molecule has 0 saturated carbocycles. The summed E-state index contributed by atoms with van der Waals surface area (Å²) in [5, 5.41) is 21.2. The van der Waals surface area contributed by atoms with Crippen molar-refractivity contribution in [2.75, 3.05) is 30.9 Å². The van der Waals surface area contributed by atoms with Gasteiger partial charge in [0.2, 0.25) is 0 Å². The predicted molar refractivity (Wildman–Crippen MR) is 82.8 cm³/mol. The Morgan fingerprint density at radius 1 is 1.55 bits per heavy atom. The van der Waals surface area contributed by atoms with Crippen molar-refractivity contribution >= 4 is 23.3 Å². The Balaban J connectivity index is 2.32. The van der Waals surface area contributed by atoms with Crippen LogP contribution in [0.3, 0.4) is 0 Å². The molecule has 0 aliphatic carbocycles. The lowest BCUT2D eigenvalue weighted by molar-refractivity contribution is 0.263. The van der Waals surface area contributed by atoms with E-state index in [1.807, 2.05) is 24.5 Å². The van der Waals surface area contributed by atoms with Crippen LogP contribution in [0.25, 0.3) is 0 Å². The number of nitrogens with two attached hydrogens (primary N) is 1. The molecule has 1 aliphatic heterocycles. The molecule has 2 rings (SSSR count). The minimum absolute atomic E-state index is 0.149. The molecule has 0 amide bonds. The third kappa shape index (κ3) is 3.02. The van der Waals surface area contributed by atoms with Gasteiger partial charge in [0.25, 0.3) is 0 Å². The molecule has 1 fully saturated rings. The number of aliphatic hydroxyl groups is 1. The van der Waals surface area contributed by atoms with Gasteiger partial charge in [-0.3, -0.25) is 0 Å². The molecule has 0 spiro atoms. The second-order valence-electron chi connectivity index (χ2n) is 4.95. The highest BCUT2D eigenvalue weighted by Gasteiger charge is 2.25. The molecule has 1 heterocycles. The van der Waals surface area contributed by atoms with Gasteiger partial charge < -0.3 is 20.9 Å². The molecule has 1 saturated heterocycles. The first-order valence-corrected chi connectivity index (χ1v) is 7.94. The second-order valence-corrected chi connectivity index (χ2v) is 5.80. The monoisotopic (exact) mass is 295 g/mol. The number of nitrogens with zero attached hydrogens (tertiary/aromatic N) is 2. The van der Waals surface area contributed by atoms with Crippen molar-refractivity contribution in [3.63, 3.8) is 0 Å². The van der Waals surface area contributed by atoms with E-state index in [9.17, 15) is 0 Å². The molecule has 4 N–H and O–H groups in total. The highest BCUT2D eigenvalue weighted by atomic mass is 32.2. The van der Waals surface area contributed by atoms with Crippen molar-refractivity contribution < 1.29 is 10.3 Å². The average Bonchev–Trinajstić information content (AvgIpc) is 2.94. The van der Waals surface area contributed by atoms with Gasteiger partial charge in [0.05, 0.1) is 5.56 Å². The van der Waals surface area contributed by atoms with Crippen LogP contribution in [0.2, 0.25) is 0 Å². The quantitative estimate of drug-likeness (QED) is 0.253. The first kappa shape index (κ1) is 15.0. The molecule has 1 aromatic carbocycles. The Labute approximate surface area is 123 Å². The van der Waals surface area contributed by atoms with E-state index in [0.717, 1.165) is 42.1 Å². The highest BCUT2D eigenvalue weighted by Crippen LogP contribution is 2.33. The maximum absolute atomic E-state index is 9.05. The lowest BCUT2D eigenvalue weighted by Gasteiger charge is -2.23. The lowest BCUT2D eigenvalue weighted by atomic mass is 10.1. The van der Waals surface area contributed by atoms with Crippen LogP contribution in [-0.4, -0.2) is 42.1 Å². The molecule has 6 heteroatoms. The molecule has 0 bridgehead atoms. The van der Waals surface area contributed by atoms with Gasteiger partial charge in [-0.15, -0.1) is 11.8 Å². The van der Waals surface area contributed by atoms with Crippen molar-refractivity contribution in [1.29, 1.82) is 0 Å². The SMILES string of the molecule is CSc1cccc(N2CCC(CCO)C2)c1/C(N)=N/O. The fourth-order valence-corrected chi connectivity index (χ4v) is 3.36. The van der Waals surface area contributed by atoms with E-state index < -0.39 is 0 Å². The summed E-state index contributed by atoms with van der Waals surface area (Å²) in [5.41, 5.74) is 7.66. The molecular formula is C14H21N3O2S. The molecule has 1 atom stereocenters. The summed E-state index contributed by atoms with van der Waals surface area (Å²) in [6.45, 7) is 2.08. The van der Waals surface area contributed by atoms with Crippen molar-refractivity contribution in [3.05, 3.63) is 23.8 Å². The minimum Gasteiger partial charge on any atom is -0.409 e. The predicted octanol–water partition coefficient (Wildman–Crippen LogP) is 1.71. The van der Waals surface area contributed by atoms with Gasteiger partial charge in [-0.2, -0.15) is 0 Å². The number of aliphatic hydroxyl groups excluding tert-OH is 1. The summed E-state index contributed by atoms with van der Waals surface area (Å²) < 4.78 is 0. The molecule has 5 nitrogen and oxygen atoms in total. The number of benzene rings is 1. The van der Waals surface area contributed by atoms with Crippen LogP contribution in [0.15, 0.2) is 28.3 Å². The van der Waals surface area contributed by atoms with Gasteiger partial charge in [-0.25, -0.2) is 0 Å². The second kappa shape index (κ2) is 6.85. The van der Waals surface area contributed by atoms with Crippen LogP contribution in [-0.2, 0) is 0 Å². The Morgan fingerprint density at radius 2 is 2.35 bits per heavy atom. The maximum atomic E-state index is 9.05. The molecule has 0 radical (unpaired) electrons. The first-order valence-electron chi connectivity index (χ1n) is 6.72. The summed E-state index contributed by atoms with van der Waals surface area (Å²) in [5.74, 6) is 0.661. The van der Waals surface area contributed by atoms with Crippen LogP contribution < -0.4 is 10.6 Å². The van der Waals surface area contributed by atoms with Crippen LogP contribution in [0.4, 0.5) is 5.69 Å². The fourth-order valence-electron chi connectivity index (χ4n) is 2.73. The van der Waals surface area contributed by atoms with Gasteiger partial charge in [0.1, 0.15) is 0 Å². The van der Waals surface area contributed by atoms with E-state index in [4.69, 9.17) is 16.0 Å². The van der Waals surface area contributed by atoms with E-state index in [1.165, 1.54) is 0 Å². The third-order valence-corrected chi connectivity index (χ3v) is 4.53. The van der Waals surface area contributed by atoms with Gasteiger partial charge in [-0.05, 0) is 37.1 Å². The van der Waals surface area contributed by atoms with Crippen LogP contribution >= 0.6 is 11.8 Å². The topological polar surface area (TPSA) is 82.1 Å². The Hall–Kier alpha value is -1.40. The largest absolute Gasteiger partial charge is 0.409 e. The van der Waals surface area contributed by atoms with Crippen LogP contribution in [0.1, 0.15) is 18.4 Å². The summed E-state index contributed by atoms with van der Waals surface area (Å²) in [6, 6.07) is 5.98. The smallest absolute Gasteiger partial charge is 0.173 e. The van der Waals surface area contributed by atoms with Gasteiger partial charge in [0, 0.05) is 30.3 Å². The van der Waals surface area contributed by atoms with Crippen molar-refractivity contribution in [2.45, 2.75) is 17.7 Å². The fraction of sp³-hybridized carbons (Fsp3) is 0.500. The normalized spacial score (nSPS) is 19.6. The lowest BCUT2D eigenvalue weighted by Crippen LogP contribution is -2.25. The first-order chi connectivity index (χ1) is 9.71. The van der Waals surface area contributed by atoms with E-state index >= 15 is 0 Å². The van der Waals surface area contributed by atoms with Gasteiger partial charge >= 0.3 is 0 Å². The van der Waals surface area contributed by atoms with E-state index in [1.54, 1.807) is 11.8 Å².